The predicted molar refractivity (Wildman–Crippen MR) is 357 cm³/mol. The summed E-state index contributed by atoms with van der Waals surface area (Å²) in [6.07, 6.45) is 8.70. The summed E-state index contributed by atoms with van der Waals surface area (Å²) in [6, 6.07) is 28.3. The molecule has 0 aliphatic carbocycles. The van der Waals surface area contributed by atoms with E-state index in [-0.39, 0.29) is 46.6 Å². The number of aromatic nitrogens is 4. The fourth-order valence-electron chi connectivity index (χ4n) is 12.2. The van der Waals surface area contributed by atoms with Crippen LogP contribution < -0.4 is 0 Å². The van der Waals surface area contributed by atoms with Gasteiger partial charge in [-0.05, 0) is 187 Å². The first-order chi connectivity index (χ1) is 40.3. The number of hydrogen-bond acceptors (Lipinski definition) is 6. The van der Waals surface area contributed by atoms with E-state index in [2.05, 4.69) is 231 Å². The molecule has 8 heteroatoms. The Bertz CT molecular complexity index is 3920. The number of carbonyl (C=O) groups excluding carboxylic acids is 2. The molecule has 0 amide bonds. The van der Waals surface area contributed by atoms with Crippen LogP contribution in [0.3, 0.4) is 0 Å². The maximum Gasteiger partial charge on any atom is 0.338 e. The lowest BCUT2D eigenvalue weighted by atomic mass is 9.81. The van der Waals surface area contributed by atoms with Gasteiger partial charge in [0.25, 0.3) is 0 Å². The molecule has 7 aromatic rings. The Kier molecular flexibility index (Phi) is 18.0. The van der Waals surface area contributed by atoms with Crippen LogP contribution >= 0.6 is 0 Å². The molecule has 2 aliphatic heterocycles. The molecule has 0 radical (unpaired) electrons. The average Bonchev–Trinajstić information content (AvgIpc) is 1.89. The topological polar surface area (TPSA) is 110 Å². The van der Waals surface area contributed by atoms with Crippen molar-refractivity contribution in [3.63, 3.8) is 0 Å². The summed E-state index contributed by atoms with van der Waals surface area (Å²) in [4.78, 5) is 46.0. The number of nitrogens with one attached hydrogen (secondary N) is 2. The lowest BCUT2D eigenvalue weighted by Crippen LogP contribution is -2.12. The Hall–Kier alpha value is -8.02. The van der Waals surface area contributed by atoms with Gasteiger partial charge < -0.3 is 19.4 Å². The van der Waals surface area contributed by atoms with E-state index < -0.39 is 11.9 Å². The second-order valence-corrected chi connectivity index (χ2v) is 26.1. The Labute approximate surface area is 506 Å². The standard InChI is InChI=1S/C77H88N4O4/c1-40(2)50-34-55(43(7)8)70(56(35-50)44(9)10)73-64-27-25-62(78-64)54(24-22-49-21-23-53(76(82)84-19)61(33-49)77(83)85-20)63-26-28-65(79-63)74(71-57(45(11)12)36-51(41(3)4)37-58(71)46(13)14)67-30-32-69(81-67)75(68-31-29-66(73)80-68)72-59(47(15)16)38-52(42(5)6)39-60(72)48(17)18/h21,23,25-48,78,81H,1-20H3. The summed E-state index contributed by atoms with van der Waals surface area (Å²) in [5.41, 5.74) is 26.4. The zero-order valence-electron chi connectivity index (χ0n) is 54.0. The van der Waals surface area contributed by atoms with Crippen LogP contribution in [-0.4, -0.2) is 46.1 Å². The first kappa shape index (κ1) is 61.5. The van der Waals surface area contributed by atoms with Gasteiger partial charge in [0.15, 0.2) is 0 Å². The van der Waals surface area contributed by atoms with Crippen LogP contribution in [-0.2, 0) is 9.47 Å². The lowest BCUT2D eigenvalue weighted by molar-refractivity contribution is 0.0555. The van der Waals surface area contributed by atoms with E-state index in [9.17, 15) is 9.59 Å². The molecule has 8 bridgehead atoms. The Balaban J connectivity index is 1.56. The van der Waals surface area contributed by atoms with Crippen LogP contribution in [0.5, 0.6) is 0 Å². The quantitative estimate of drug-likeness (QED) is 0.0829. The SMILES string of the molecule is COC(=O)c1ccc(C#Cc2c3nc(c(-c4c(C(C)C)cc(C(C)C)cc4C(C)C)c4ccc([nH]4)c(-c4c(C(C)C)cc(C(C)C)cc4C(C)C)c4nc(c(-c5c(C(C)C)cc(C(C)C)cc5C(C)C)c5ccc2[nH]5)C=C4)C=C3)cc1C(=O)OC. The summed E-state index contributed by atoms with van der Waals surface area (Å²) < 4.78 is 10.2. The molecule has 440 valence electrons. The van der Waals surface area contributed by atoms with Gasteiger partial charge in [-0.25, -0.2) is 19.6 Å². The molecular weight excluding hydrogens is 1040 g/mol. The third-order valence-electron chi connectivity index (χ3n) is 17.1. The van der Waals surface area contributed by atoms with Crippen molar-refractivity contribution < 1.29 is 19.1 Å². The number of rotatable bonds is 14. The van der Waals surface area contributed by atoms with Crippen LogP contribution in [0, 0.1) is 11.8 Å². The largest absolute Gasteiger partial charge is 0.465 e. The lowest BCUT2D eigenvalue weighted by Gasteiger charge is -2.24. The maximum atomic E-state index is 13.2. The van der Waals surface area contributed by atoms with Crippen molar-refractivity contribution in [2.24, 2.45) is 0 Å². The maximum absolute atomic E-state index is 13.2. The van der Waals surface area contributed by atoms with Gasteiger partial charge in [0.05, 0.1) is 59.2 Å². The van der Waals surface area contributed by atoms with E-state index in [1.54, 1.807) is 18.2 Å². The Morgan fingerprint density at radius 1 is 0.353 bits per heavy atom. The van der Waals surface area contributed by atoms with Crippen molar-refractivity contribution in [1.29, 1.82) is 0 Å². The second-order valence-electron chi connectivity index (χ2n) is 26.1. The fraction of sp³-hybridized carbons (Fsp3) is 0.377. The Morgan fingerprint density at radius 2 is 0.659 bits per heavy atom. The number of esters is 2. The molecule has 0 fully saturated rings. The number of benzene rings is 4. The normalized spacial score (nSPS) is 12.4. The molecule has 0 saturated heterocycles. The monoisotopic (exact) mass is 1130 g/mol. The van der Waals surface area contributed by atoms with Crippen molar-refractivity contribution in [3.8, 4) is 45.2 Å². The number of nitrogens with zero attached hydrogens (tertiary/aromatic N) is 2. The highest BCUT2D eigenvalue weighted by molar-refractivity contribution is 6.04. The summed E-state index contributed by atoms with van der Waals surface area (Å²) >= 11 is 0. The van der Waals surface area contributed by atoms with Gasteiger partial charge >= 0.3 is 11.9 Å². The number of aromatic amines is 2. The first-order valence-corrected chi connectivity index (χ1v) is 30.9. The summed E-state index contributed by atoms with van der Waals surface area (Å²) in [5.74, 6) is 7.81. The molecule has 9 rings (SSSR count). The van der Waals surface area contributed by atoms with E-state index in [1.807, 2.05) is 0 Å². The van der Waals surface area contributed by atoms with Crippen molar-refractivity contribution in [2.45, 2.75) is 178 Å². The van der Waals surface area contributed by atoms with Crippen molar-refractivity contribution in [1.82, 2.24) is 19.9 Å². The summed E-state index contributed by atoms with van der Waals surface area (Å²) in [5, 5.41) is 0. The minimum atomic E-state index is -0.666. The third-order valence-corrected chi connectivity index (χ3v) is 17.1. The van der Waals surface area contributed by atoms with Gasteiger partial charge in [0, 0.05) is 38.8 Å². The predicted octanol–water partition coefficient (Wildman–Crippen LogP) is 20.7. The van der Waals surface area contributed by atoms with Gasteiger partial charge in [-0.3, -0.25) is 0 Å². The number of H-pyrrole nitrogens is 2. The van der Waals surface area contributed by atoms with Gasteiger partial charge in [-0.15, -0.1) is 0 Å². The molecule has 0 spiro atoms. The molecule has 0 atom stereocenters. The van der Waals surface area contributed by atoms with Gasteiger partial charge in [-0.2, -0.15) is 0 Å². The number of ether oxygens (including phenoxy) is 2. The molecule has 2 aliphatic rings. The highest BCUT2D eigenvalue weighted by atomic mass is 16.5. The number of methoxy groups -OCH3 is 2. The molecule has 85 heavy (non-hydrogen) atoms. The van der Waals surface area contributed by atoms with Crippen LogP contribution in [0.4, 0.5) is 0 Å². The number of hydrogen-bond donors (Lipinski definition) is 2. The smallest absolute Gasteiger partial charge is 0.338 e. The van der Waals surface area contributed by atoms with Gasteiger partial charge in [0.1, 0.15) is 0 Å². The first-order valence-electron chi connectivity index (χ1n) is 30.9. The zero-order chi connectivity index (χ0) is 61.6. The van der Waals surface area contributed by atoms with Crippen molar-refractivity contribution in [2.75, 3.05) is 14.2 Å². The Morgan fingerprint density at radius 3 is 0.988 bits per heavy atom. The van der Waals surface area contributed by atoms with Crippen molar-refractivity contribution >= 4 is 58.3 Å². The van der Waals surface area contributed by atoms with Crippen molar-refractivity contribution in [3.05, 3.63) is 174 Å². The third kappa shape index (κ3) is 12.0. The van der Waals surface area contributed by atoms with E-state index in [4.69, 9.17) is 19.4 Å². The zero-order valence-corrected chi connectivity index (χ0v) is 54.0. The molecule has 0 unspecified atom stereocenters. The summed E-state index contributed by atoms with van der Waals surface area (Å²) in [6.45, 7) is 41.4. The molecule has 2 N–H and O–H groups in total. The molecular formula is C77H88N4O4. The number of fused-ring (bicyclic) bond motifs is 8. The van der Waals surface area contributed by atoms with E-state index >= 15 is 0 Å². The molecule has 0 saturated carbocycles. The summed E-state index contributed by atoms with van der Waals surface area (Å²) in [7, 11) is 2.58. The molecule has 5 heterocycles. The minimum Gasteiger partial charge on any atom is -0.465 e. The van der Waals surface area contributed by atoms with E-state index in [0.29, 0.717) is 34.6 Å². The highest BCUT2D eigenvalue weighted by Crippen LogP contribution is 2.48. The van der Waals surface area contributed by atoms with Crippen LogP contribution in [0.2, 0.25) is 0 Å². The van der Waals surface area contributed by atoms with E-state index in [0.717, 1.165) is 55.8 Å². The molecule has 8 nitrogen and oxygen atoms in total. The van der Waals surface area contributed by atoms with Crippen LogP contribution in [0.1, 0.15) is 283 Å². The van der Waals surface area contributed by atoms with Gasteiger partial charge in [0.2, 0.25) is 0 Å². The van der Waals surface area contributed by atoms with Crippen LogP contribution in [0.15, 0.2) is 78.9 Å². The second kappa shape index (κ2) is 24.9. The average molecular weight is 1130 g/mol. The fourth-order valence-corrected chi connectivity index (χ4v) is 12.2. The molecule has 3 aromatic heterocycles. The van der Waals surface area contributed by atoms with Gasteiger partial charge in [-0.1, -0.05) is 173 Å². The number of carbonyl (C=O) groups is 2. The minimum absolute atomic E-state index is 0.0648. The molecule has 4 aromatic carbocycles. The van der Waals surface area contributed by atoms with Crippen LogP contribution in [0.25, 0.3) is 79.8 Å². The van der Waals surface area contributed by atoms with E-state index in [1.165, 1.54) is 81.0 Å². The highest BCUT2D eigenvalue weighted by Gasteiger charge is 2.29.